The number of nitrogens with one attached hydrogen (secondary N) is 1. The first-order chi connectivity index (χ1) is 13.2. The average Bonchev–Trinajstić information content (AvgIpc) is 3.34. The number of fused-ring (bicyclic) bond motifs is 1. The molecule has 0 saturated heterocycles. The van der Waals surface area contributed by atoms with Crippen molar-refractivity contribution in [3.63, 3.8) is 0 Å². The minimum atomic E-state index is -0.353. The van der Waals surface area contributed by atoms with Crippen LogP contribution in [0.15, 0.2) is 64.4 Å². The molecule has 0 saturated carbocycles. The highest BCUT2D eigenvalue weighted by Crippen LogP contribution is 2.30. The summed E-state index contributed by atoms with van der Waals surface area (Å²) >= 11 is 1.25. The van der Waals surface area contributed by atoms with E-state index in [1.807, 2.05) is 55.5 Å². The molecule has 2 heterocycles. The second kappa shape index (κ2) is 7.28. The number of hydrogen-bond acceptors (Lipinski definition) is 6. The number of hydrogen-bond donors (Lipinski definition) is 1. The minimum Gasteiger partial charge on any atom is -0.497 e. The van der Waals surface area contributed by atoms with Gasteiger partial charge in [-0.05, 0) is 37.3 Å². The van der Waals surface area contributed by atoms with E-state index in [1.54, 1.807) is 13.3 Å². The van der Waals surface area contributed by atoms with Crippen molar-refractivity contribution < 1.29 is 13.9 Å². The van der Waals surface area contributed by atoms with Crippen LogP contribution in [-0.4, -0.2) is 33.3 Å². The standard InChI is InChI=1S/C20H17N3O3S/c1-12(18(24)16-11-21-17-6-4-3-5-15(16)17)27-20-23-22-19(26-20)13-7-9-14(25-2)10-8-13/h3-12,21H,1-2H3. The molecule has 7 heteroatoms. The van der Waals surface area contributed by atoms with Crippen molar-refractivity contribution in [1.82, 2.24) is 15.2 Å². The molecule has 0 fully saturated rings. The SMILES string of the molecule is COc1ccc(-c2nnc(SC(C)C(=O)c3c[nH]c4ccccc34)o2)cc1. The molecule has 4 rings (SSSR count). The van der Waals surface area contributed by atoms with E-state index in [9.17, 15) is 4.79 Å². The Balaban J connectivity index is 1.50. The van der Waals surface area contributed by atoms with Gasteiger partial charge in [-0.1, -0.05) is 30.0 Å². The summed E-state index contributed by atoms with van der Waals surface area (Å²) < 4.78 is 10.9. The molecule has 0 spiro atoms. The van der Waals surface area contributed by atoms with Crippen molar-refractivity contribution in [2.75, 3.05) is 7.11 Å². The van der Waals surface area contributed by atoms with Gasteiger partial charge in [-0.25, -0.2) is 0 Å². The Morgan fingerprint density at radius 1 is 1.15 bits per heavy atom. The normalized spacial score (nSPS) is 12.2. The fraction of sp³-hybridized carbons (Fsp3) is 0.150. The number of benzene rings is 2. The van der Waals surface area contributed by atoms with Crippen molar-refractivity contribution in [3.8, 4) is 17.2 Å². The summed E-state index contributed by atoms with van der Waals surface area (Å²) in [5, 5.41) is 9.05. The van der Waals surface area contributed by atoms with Gasteiger partial charge in [-0.3, -0.25) is 4.79 Å². The third-order valence-corrected chi connectivity index (χ3v) is 5.18. The summed E-state index contributed by atoms with van der Waals surface area (Å²) in [6, 6.07) is 15.1. The second-order valence-electron chi connectivity index (χ2n) is 5.97. The number of methoxy groups -OCH3 is 1. The predicted molar refractivity (Wildman–Crippen MR) is 104 cm³/mol. The predicted octanol–water partition coefficient (Wildman–Crippen LogP) is 4.59. The van der Waals surface area contributed by atoms with Crippen LogP contribution in [0.1, 0.15) is 17.3 Å². The third-order valence-electron chi connectivity index (χ3n) is 4.24. The molecule has 0 aliphatic rings. The molecular weight excluding hydrogens is 362 g/mol. The molecule has 2 aromatic carbocycles. The quantitative estimate of drug-likeness (QED) is 0.390. The van der Waals surface area contributed by atoms with E-state index < -0.39 is 0 Å². The number of nitrogens with zero attached hydrogens (tertiary/aromatic N) is 2. The number of carbonyl (C=O) groups excluding carboxylic acids is 1. The van der Waals surface area contributed by atoms with E-state index in [1.165, 1.54) is 11.8 Å². The van der Waals surface area contributed by atoms with Gasteiger partial charge in [0.2, 0.25) is 5.89 Å². The van der Waals surface area contributed by atoms with E-state index in [-0.39, 0.29) is 11.0 Å². The number of Topliss-reactive ketones (excluding diaryl/α,β-unsaturated/α-hetero) is 1. The van der Waals surface area contributed by atoms with Crippen LogP contribution in [0.25, 0.3) is 22.4 Å². The zero-order valence-electron chi connectivity index (χ0n) is 14.8. The van der Waals surface area contributed by atoms with Crippen LogP contribution < -0.4 is 4.74 Å². The van der Waals surface area contributed by atoms with Gasteiger partial charge in [0.05, 0.1) is 12.4 Å². The zero-order chi connectivity index (χ0) is 18.8. The van der Waals surface area contributed by atoms with Crippen molar-refractivity contribution >= 4 is 28.4 Å². The molecule has 1 unspecified atom stereocenters. The largest absolute Gasteiger partial charge is 0.497 e. The second-order valence-corrected chi connectivity index (χ2v) is 7.27. The number of ether oxygens (including phenoxy) is 1. The molecular formula is C20H17N3O3S. The summed E-state index contributed by atoms with van der Waals surface area (Å²) in [4.78, 5) is 16.0. The van der Waals surface area contributed by atoms with Crippen LogP contribution in [0.3, 0.4) is 0 Å². The lowest BCUT2D eigenvalue weighted by Crippen LogP contribution is -2.13. The summed E-state index contributed by atoms with van der Waals surface area (Å²) in [5.41, 5.74) is 2.41. The van der Waals surface area contributed by atoms with Crippen LogP contribution in [0.5, 0.6) is 5.75 Å². The molecule has 4 aromatic rings. The molecule has 0 radical (unpaired) electrons. The van der Waals surface area contributed by atoms with Crippen molar-refractivity contribution in [3.05, 3.63) is 60.3 Å². The number of rotatable bonds is 6. The Morgan fingerprint density at radius 2 is 1.93 bits per heavy atom. The van der Waals surface area contributed by atoms with Crippen molar-refractivity contribution in [1.29, 1.82) is 0 Å². The first-order valence-electron chi connectivity index (χ1n) is 8.40. The van der Waals surface area contributed by atoms with Crippen LogP contribution >= 0.6 is 11.8 Å². The molecule has 0 aliphatic carbocycles. The average molecular weight is 379 g/mol. The molecule has 2 aromatic heterocycles. The Kier molecular flexibility index (Phi) is 4.68. The minimum absolute atomic E-state index is 0.0154. The smallest absolute Gasteiger partial charge is 0.277 e. The number of aromatic nitrogens is 3. The van der Waals surface area contributed by atoms with Crippen molar-refractivity contribution in [2.45, 2.75) is 17.4 Å². The van der Waals surface area contributed by atoms with Crippen LogP contribution in [0.2, 0.25) is 0 Å². The molecule has 0 aliphatic heterocycles. The van der Waals surface area contributed by atoms with Gasteiger partial charge in [0, 0.05) is 28.2 Å². The van der Waals surface area contributed by atoms with Gasteiger partial charge in [-0.15, -0.1) is 10.2 Å². The number of H-pyrrole nitrogens is 1. The van der Waals surface area contributed by atoms with Gasteiger partial charge in [0.15, 0.2) is 5.78 Å². The topological polar surface area (TPSA) is 81.0 Å². The summed E-state index contributed by atoms with van der Waals surface area (Å²) in [6.45, 7) is 1.84. The molecule has 6 nitrogen and oxygen atoms in total. The lowest BCUT2D eigenvalue weighted by Gasteiger charge is -2.06. The first kappa shape index (κ1) is 17.4. The van der Waals surface area contributed by atoms with Gasteiger partial charge in [0.25, 0.3) is 5.22 Å². The number of thioether (sulfide) groups is 1. The molecule has 27 heavy (non-hydrogen) atoms. The third kappa shape index (κ3) is 3.46. The van der Waals surface area contributed by atoms with E-state index >= 15 is 0 Å². The lowest BCUT2D eigenvalue weighted by atomic mass is 10.1. The van der Waals surface area contributed by atoms with E-state index in [0.717, 1.165) is 22.2 Å². The Morgan fingerprint density at radius 3 is 2.70 bits per heavy atom. The number of para-hydroxylation sites is 1. The molecule has 1 N–H and O–H groups in total. The monoisotopic (exact) mass is 379 g/mol. The summed E-state index contributed by atoms with van der Waals surface area (Å²) in [7, 11) is 1.61. The Bertz CT molecular complexity index is 1090. The van der Waals surface area contributed by atoms with Gasteiger partial charge in [-0.2, -0.15) is 0 Å². The zero-order valence-corrected chi connectivity index (χ0v) is 15.6. The van der Waals surface area contributed by atoms with Crippen LogP contribution in [0, 0.1) is 0 Å². The fourth-order valence-corrected chi connectivity index (χ4v) is 3.56. The maximum Gasteiger partial charge on any atom is 0.277 e. The highest BCUT2D eigenvalue weighted by Gasteiger charge is 2.22. The number of ketones is 1. The van der Waals surface area contributed by atoms with Gasteiger partial charge in [0.1, 0.15) is 5.75 Å². The Labute approximate surface area is 159 Å². The lowest BCUT2D eigenvalue weighted by molar-refractivity contribution is 0.0995. The van der Waals surface area contributed by atoms with E-state index in [4.69, 9.17) is 9.15 Å². The number of carbonyl (C=O) groups is 1. The first-order valence-corrected chi connectivity index (χ1v) is 9.28. The van der Waals surface area contributed by atoms with Crippen LogP contribution in [-0.2, 0) is 0 Å². The molecule has 136 valence electrons. The number of aromatic amines is 1. The van der Waals surface area contributed by atoms with Gasteiger partial charge < -0.3 is 14.1 Å². The van der Waals surface area contributed by atoms with Gasteiger partial charge >= 0.3 is 0 Å². The fourth-order valence-electron chi connectivity index (χ4n) is 2.81. The molecule has 0 amide bonds. The molecule has 0 bridgehead atoms. The summed E-state index contributed by atoms with van der Waals surface area (Å²) in [6.07, 6.45) is 1.75. The Hall–Kier alpha value is -3.06. The highest BCUT2D eigenvalue weighted by molar-refractivity contribution is 8.00. The highest BCUT2D eigenvalue weighted by atomic mass is 32.2. The van der Waals surface area contributed by atoms with E-state index in [2.05, 4.69) is 15.2 Å². The maximum atomic E-state index is 12.8. The van der Waals surface area contributed by atoms with Crippen LogP contribution in [0.4, 0.5) is 0 Å². The summed E-state index contributed by atoms with van der Waals surface area (Å²) in [5.74, 6) is 1.18. The van der Waals surface area contributed by atoms with E-state index in [0.29, 0.717) is 16.7 Å². The van der Waals surface area contributed by atoms with Crippen molar-refractivity contribution in [2.24, 2.45) is 0 Å². The molecule has 1 atom stereocenters. The maximum absolute atomic E-state index is 12.8.